The van der Waals surface area contributed by atoms with E-state index in [1.165, 1.54) is 6.19 Å². The molecule has 0 saturated heterocycles. The molecule has 0 aromatic carbocycles. The fourth-order valence-corrected chi connectivity index (χ4v) is 0.409. The number of nitriles is 1. The number of guanidine groups is 1. The van der Waals surface area contributed by atoms with Crippen LogP contribution in [0.3, 0.4) is 0 Å². The van der Waals surface area contributed by atoms with Gasteiger partial charge in [0.1, 0.15) is 0 Å². The standard InChI is InChI=1S/C2H4N4O2S/c3-1-5-2(4)6-9(7)8/h9H,(H3,4,5,6,7,8). The fourth-order valence-electron chi connectivity index (χ4n) is 0.172. The molecule has 6 nitrogen and oxygen atoms in total. The lowest BCUT2D eigenvalue weighted by Gasteiger charge is -1.88. The summed E-state index contributed by atoms with van der Waals surface area (Å²) < 4.78 is 21.2. The van der Waals surface area contributed by atoms with Crippen molar-refractivity contribution in [2.45, 2.75) is 0 Å². The van der Waals surface area contributed by atoms with Crippen LogP contribution in [-0.4, -0.2) is 14.4 Å². The van der Waals surface area contributed by atoms with Gasteiger partial charge in [0, 0.05) is 0 Å². The van der Waals surface area contributed by atoms with Crippen molar-refractivity contribution in [3.8, 4) is 6.19 Å². The molecule has 0 spiro atoms. The first kappa shape index (κ1) is 7.71. The lowest BCUT2D eigenvalue weighted by Crippen LogP contribution is -2.29. The highest BCUT2D eigenvalue weighted by atomic mass is 32.2. The summed E-state index contributed by atoms with van der Waals surface area (Å²) in [7, 11) is -2.81. The molecular weight excluding hydrogens is 144 g/mol. The zero-order valence-corrected chi connectivity index (χ0v) is 5.13. The van der Waals surface area contributed by atoms with E-state index < -0.39 is 16.8 Å². The molecule has 7 heteroatoms. The van der Waals surface area contributed by atoms with E-state index in [1.54, 1.807) is 4.72 Å². The fraction of sp³-hybridized carbons (Fsp3) is 0. The number of aliphatic imine (C=N–C) groups is 1. The lowest BCUT2D eigenvalue weighted by atomic mass is 11.0. The normalized spacial score (nSPS) is 10.9. The van der Waals surface area contributed by atoms with Crippen LogP contribution in [0.15, 0.2) is 4.99 Å². The van der Waals surface area contributed by atoms with Crippen molar-refractivity contribution in [1.82, 2.24) is 4.72 Å². The van der Waals surface area contributed by atoms with Gasteiger partial charge < -0.3 is 5.73 Å². The smallest absolute Gasteiger partial charge is 0.224 e. The summed E-state index contributed by atoms with van der Waals surface area (Å²) >= 11 is 0. The maximum absolute atomic E-state index is 9.74. The molecule has 0 heterocycles. The van der Waals surface area contributed by atoms with Crippen LogP contribution < -0.4 is 10.5 Å². The molecular formula is C2H4N4O2S. The molecule has 9 heavy (non-hydrogen) atoms. The molecule has 0 aliphatic carbocycles. The molecule has 0 bridgehead atoms. The summed E-state index contributed by atoms with van der Waals surface area (Å²) in [6.07, 6.45) is 1.31. The highest BCUT2D eigenvalue weighted by Crippen LogP contribution is 1.59. The van der Waals surface area contributed by atoms with Gasteiger partial charge in [0.2, 0.25) is 23.0 Å². The molecule has 3 N–H and O–H groups in total. The van der Waals surface area contributed by atoms with Gasteiger partial charge in [0.25, 0.3) is 0 Å². The summed E-state index contributed by atoms with van der Waals surface area (Å²) in [6, 6.07) is 0. The van der Waals surface area contributed by atoms with Crippen LogP contribution >= 0.6 is 0 Å². The second-order valence-electron chi connectivity index (χ2n) is 0.966. The van der Waals surface area contributed by atoms with Crippen LogP contribution in [0.25, 0.3) is 0 Å². The first-order valence-corrected chi connectivity index (χ1v) is 2.98. The molecule has 0 amide bonds. The van der Waals surface area contributed by atoms with E-state index in [0.29, 0.717) is 0 Å². The molecule has 0 aromatic heterocycles. The molecule has 0 aromatic rings. The summed E-state index contributed by atoms with van der Waals surface area (Å²) in [4.78, 5) is 2.87. The van der Waals surface area contributed by atoms with Gasteiger partial charge in [-0.15, -0.1) is 4.99 Å². The molecule has 0 saturated carbocycles. The largest absolute Gasteiger partial charge is 0.368 e. The van der Waals surface area contributed by atoms with Gasteiger partial charge in [-0.2, -0.15) is 5.26 Å². The Balaban J connectivity index is 3.95. The number of nitrogens with one attached hydrogen (secondary N) is 1. The van der Waals surface area contributed by atoms with Gasteiger partial charge in [-0.3, -0.25) is 4.72 Å². The maximum atomic E-state index is 9.74. The van der Waals surface area contributed by atoms with Crippen molar-refractivity contribution in [2.75, 3.05) is 0 Å². The molecule has 0 radical (unpaired) electrons. The number of thiol groups is 1. The molecule has 0 unspecified atom stereocenters. The first-order chi connectivity index (χ1) is 4.16. The van der Waals surface area contributed by atoms with Crippen LogP contribution in [0.5, 0.6) is 0 Å². The Hall–Kier alpha value is -1.29. The van der Waals surface area contributed by atoms with E-state index in [4.69, 9.17) is 11.0 Å². The maximum Gasteiger partial charge on any atom is 0.224 e. The summed E-state index contributed by atoms with van der Waals surface area (Å²) in [5.74, 6) is -0.423. The van der Waals surface area contributed by atoms with E-state index in [2.05, 4.69) is 4.99 Å². The monoisotopic (exact) mass is 148 g/mol. The minimum absolute atomic E-state index is 0.423. The Bertz CT molecular complexity index is 215. The number of nitrogens with two attached hydrogens (primary N) is 1. The number of hydrogen-bond donors (Lipinski definition) is 3. The second-order valence-corrected chi connectivity index (χ2v) is 1.70. The highest BCUT2D eigenvalue weighted by Gasteiger charge is 1.86. The Kier molecular flexibility index (Phi) is 3.15. The van der Waals surface area contributed by atoms with Crippen molar-refractivity contribution in [3.63, 3.8) is 0 Å². The number of hydrogen-bond acceptors (Lipinski definition) is 4. The summed E-state index contributed by atoms with van der Waals surface area (Å²) in [5, 5.41) is 7.80. The van der Waals surface area contributed by atoms with E-state index in [-0.39, 0.29) is 0 Å². The quantitative estimate of drug-likeness (QED) is 0.171. The van der Waals surface area contributed by atoms with Crippen LogP contribution in [0.4, 0.5) is 0 Å². The third-order valence-corrected chi connectivity index (χ3v) is 0.788. The van der Waals surface area contributed by atoms with E-state index in [1.807, 2.05) is 0 Å². The van der Waals surface area contributed by atoms with Crippen LogP contribution in [-0.2, 0) is 10.9 Å². The Labute approximate surface area is 53.1 Å². The van der Waals surface area contributed by atoms with E-state index in [9.17, 15) is 8.42 Å². The van der Waals surface area contributed by atoms with E-state index in [0.717, 1.165) is 0 Å². The molecule has 0 aliphatic rings. The topological polar surface area (TPSA) is 108 Å². The zero-order chi connectivity index (χ0) is 7.28. The van der Waals surface area contributed by atoms with Crippen molar-refractivity contribution in [2.24, 2.45) is 10.7 Å². The zero-order valence-electron chi connectivity index (χ0n) is 4.24. The molecule has 50 valence electrons. The number of nitrogens with zero attached hydrogens (tertiary/aromatic N) is 2. The second kappa shape index (κ2) is 3.68. The minimum atomic E-state index is -2.81. The van der Waals surface area contributed by atoms with Crippen LogP contribution in [0.1, 0.15) is 0 Å². The van der Waals surface area contributed by atoms with Gasteiger partial charge >= 0.3 is 0 Å². The van der Waals surface area contributed by atoms with Crippen LogP contribution in [0, 0.1) is 11.5 Å². The van der Waals surface area contributed by atoms with E-state index >= 15 is 0 Å². The minimum Gasteiger partial charge on any atom is -0.368 e. The first-order valence-electron chi connectivity index (χ1n) is 1.80. The number of rotatable bonds is 1. The predicted molar refractivity (Wildman–Crippen MR) is 30.7 cm³/mol. The van der Waals surface area contributed by atoms with Crippen molar-refractivity contribution >= 4 is 16.8 Å². The van der Waals surface area contributed by atoms with Gasteiger partial charge in [-0.25, -0.2) is 8.42 Å². The lowest BCUT2D eigenvalue weighted by molar-refractivity contribution is 0.611. The molecule has 0 atom stereocenters. The van der Waals surface area contributed by atoms with Gasteiger partial charge in [-0.05, 0) is 0 Å². The van der Waals surface area contributed by atoms with Crippen molar-refractivity contribution in [3.05, 3.63) is 0 Å². The molecule has 0 fully saturated rings. The van der Waals surface area contributed by atoms with Gasteiger partial charge in [-0.1, -0.05) is 0 Å². The molecule has 0 rings (SSSR count). The SMILES string of the molecule is N#CN=C(N)N[SH](=O)=O. The summed E-state index contributed by atoms with van der Waals surface area (Å²) in [5.41, 5.74) is 4.82. The van der Waals surface area contributed by atoms with Crippen LogP contribution in [0.2, 0.25) is 0 Å². The average Bonchev–Trinajstić information content (AvgIpc) is 1.63. The average molecular weight is 148 g/mol. The van der Waals surface area contributed by atoms with Crippen molar-refractivity contribution in [1.29, 1.82) is 5.26 Å². The highest BCUT2D eigenvalue weighted by molar-refractivity contribution is 7.71. The Morgan fingerprint density at radius 2 is 2.33 bits per heavy atom. The Morgan fingerprint density at radius 1 is 1.78 bits per heavy atom. The third-order valence-electron chi connectivity index (χ3n) is 0.376. The summed E-state index contributed by atoms with van der Waals surface area (Å²) in [6.45, 7) is 0. The van der Waals surface area contributed by atoms with Crippen molar-refractivity contribution < 1.29 is 8.42 Å². The Morgan fingerprint density at radius 3 is 2.67 bits per heavy atom. The van der Waals surface area contributed by atoms with Gasteiger partial charge in [0.05, 0.1) is 0 Å². The predicted octanol–water partition coefficient (Wildman–Crippen LogP) is -2.10. The third kappa shape index (κ3) is 4.57. The van der Waals surface area contributed by atoms with Gasteiger partial charge in [0.15, 0.2) is 0 Å². The molecule has 0 aliphatic heterocycles.